The van der Waals surface area contributed by atoms with Gasteiger partial charge in [-0.3, -0.25) is 9.48 Å². The zero-order chi connectivity index (χ0) is 15.7. The number of anilines is 1. The monoisotopic (exact) mass is 299 g/mol. The lowest BCUT2D eigenvalue weighted by atomic mass is 10.1. The summed E-state index contributed by atoms with van der Waals surface area (Å²) >= 11 is 0. The number of amides is 1. The first-order valence-electron chi connectivity index (χ1n) is 7.66. The first-order chi connectivity index (χ1) is 10.6. The summed E-state index contributed by atoms with van der Waals surface area (Å²) < 4.78 is 1.88. The van der Waals surface area contributed by atoms with Gasteiger partial charge in [-0.2, -0.15) is 5.10 Å². The Morgan fingerprint density at radius 3 is 2.68 bits per heavy atom. The molecular weight excluding hydrogens is 278 g/mol. The van der Waals surface area contributed by atoms with Crippen molar-refractivity contribution in [2.45, 2.75) is 32.7 Å². The maximum atomic E-state index is 12.5. The SMILES string of the molecule is CC(C)n1ccc(-c2cnc(N)c(C(=O)N3CCCC3)c2)n1. The molecular formula is C16H21N5O. The van der Waals surface area contributed by atoms with Crippen LogP contribution in [0.25, 0.3) is 11.3 Å². The van der Waals surface area contributed by atoms with Crippen molar-refractivity contribution >= 4 is 11.7 Å². The van der Waals surface area contributed by atoms with E-state index < -0.39 is 0 Å². The number of carbonyl (C=O) groups is 1. The van der Waals surface area contributed by atoms with Gasteiger partial charge >= 0.3 is 0 Å². The summed E-state index contributed by atoms with van der Waals surface area (Å²) in [4.78, 5) is 18.6. The second kappa shape index (κ2) is 5.79. The van der Waals surface area contributed by atoms with Crippen LogP contribution < -0.4 is 5.73 Å². The summed E-state index contributed by atoms with van der Waals surface area (Å²) in [6.07, 6.45) is 5.70. The highest BCUT2D eigenvalue weighted by Crippen LogP contribution is 2.23. The smallest absolute Gasteiger partial charge is 0.257 e. The van der Waals surface area contributed by atoms with E-state index in [4.69, 9.17) is 5.73 Å². The summed E-state index contributed by atoms with van der Waals surface area (Å²) in [7, 11) is 0. The van der Waals surface area contributed by atoms with Gasteiger partial charge in [0.05, 0.1) is 11.3 Å². The number of nitrogens with zero attached hydrogens (tertiary/aromatic N) is 4. The van der Waals surface area contributed by atoms with Crippen molar-refractivity contribution in [3.05, 3.63) is 30.1 Å². The van der Waals surface area contributed by atoms with Crippen LogP contribution in [0, 0.1) is 0 Å². The molecule has 1 fully saturated rings. The van der Waals surface area contributed by atoms with E-state index in [9.17, 15) is 4.79 Å². The van der Waals surface area contributed by atoms with E-state index in [1.807, 2.05) is 21.8 Å². The van der Waals surface area contributed by atoms with Crippen LogP contribution in [0.1, 0.15) is 43.1 Å². The molecule has 0 spiro atoms. The Morgan fingerprint density at radius 2 is 2.05 bits per heavy atom. The first-order valence-corrected chi connectivity index (χ1v) is 7.66. The van der Waals surface area contributed by atoms with Gasteiger partial charge in [0.25, 0.3) is 5.91 Å². The van der Waals surface area contributed by atoms with Gasteiger partial charge in [0.1, 0.15) is 5.82 Å². The van der Waals surface area contributed by atoms with E-state index in [-0.39, 0.29) is 11.7 Å². The number of likely N-dealkylation sites (tertiary alicyclic amines) is 1. The van der Waals surface area contributed by atoms with Crippen LogP contribution in [0.2, 0.25) is 0 Å². The molecule has 1 amide bonds. The second-order valence-corrected chi connectivity index (χ2v) is 5.93. The van der Waals surface area contributed by atoms with Crippen LogP contribution in [0.5, 0.6) is 0 Å². The summed E-state index contributed by atoms with van der Waals surface area (Å²) in [6, 6.07) is 4.02. The molecule has 0 atom stereocenters. The summed E-state index contributed by atoms with van der Waals surface area (Å²) in [5.74, 6) is 0.247. The van der Waals surface area contributed by atoms with Gasteiger partial charge in [0, 0.05) is 37.1 Å². The van der Waals surface area contributed by atoms with Crippen molar-refractivity contribution in [3.63, 3.8) is 0 Å². The highest BCUT2D eigenvalue weighted by atomic mass is 16.2. The van der Waals surface area contributed by atoms with Crippen LogP contribution in [0.4, 0.5) is 5.82 Å². The predicted octanol–water partition coefficient (Wildman–Crippen LogP) is 2.34. The molecule has 0 radical (unpaired) electrons. The molecule has 1 aliphatic heterocycles. The maximum absolute atomic E-state index is 12.5. The predicted molar refractivity (Wildman–Crippen MR) is 85.4 cm³/mol. The second-order valence-electron chi connectivity index (χ2n) is 5.93. The van der Waals surface area contributed by atoms with Crippen molar-refractivity contribution in [1.82, 2.24) is 19.7 Å². The molecule has 22 heavy (non-hydrogen) atoms. The van der Waals surface area contributed by atoms with Crippen LogP contribution >= 0.6 is 0 Å². The molecule has 6 heteroatoms. The molecule has 3 heterocycles. The fourth-order valence-corrected chi connectivity index (χ4v) is 2.66. The van der Waals surface area contributed by atoms with Crippen molar-refractivity contribution in [3.8, 4) is 11.3 Å². The summed E-state index contributed by atoms with van der Waals surface area (Å²) in [5, 5.41) is 4.52. The van der Waals surface area contributed by atoms with Gasteiger partial charge in [-0.15, -0.1) is 0 Å². The lowest BCUT2D eigenvalue weighted by Crippen LogP contribution is -2.28. The molecule has 0 aromatic carbocycles. The number of pyridine rings is 1. The van der Waals surface area contributed by atoms with Gasteiger partial charge in [0.15, 0.2) is 0 Å². The Kier molecular flexibility index (Phi) is 3.83. The molecule has 1 saturated heterocycles. The van der Waals surface area contributed by atoms with E-state index in [0.29, 0.717) is 11.6 Å². The van der Waals surface area contributed by atoms with E-state index in [0.717, 1.165) is 37.2 Å². The number of hydrogen-bond acceptors (Lipinski definition) is 4. The number of aromatic nitrogens is 3. The topological polar surface area (TPSA) is 77.0 Å². The normalized spacial score (nSPS) is 14.8. The molecule has 2 aromatic heterocycles. The number of rotatable bonds is 3. The van der Waals surface area contributed by atoms with Crippen molar-refractivity contribution in [2.24, 2.45) is 0 Å². The van der Waals surface area contributed by atoms with Gasteiger partial charge < -0.3 is 10.6 Å². The summed E-state index contributed by atoms with van der Waals surface area (Å²) in [5.41, 5.74) is 7.99. The Labute approximate surface area is 129 Å². The third-order valence-corrected chi connectivity index (χ3v) is 3.98. The molecule has 0 aliphatic carbocycles. The van der Waals surface area contributed by atoms with E-state index in [2.05, 4.69) is 23.9 Å². The number of hydrogen-bond donors (Lipinski definition) is 1. The van der Waals surface area contributed by atoms with Crippen LogP contribution in [-0.2, 0) is 0 Å². The minimum atomic E-state index is -0.0346. The minimum Gasteiger partial charge on any atom is -0.383 e. The molecule has 2 N–H and O–H groups in total. The Bertz CT molecular complexity index is 686. The molecule has 1 aliphatic rings. The average Bonchev–Trinajstić information content (AvgIpc) is 3.18. The average molecular weight is 299 g/mol. The Balaban J connectivity index is 1.93. The van der Waals surface area contributed by atoms with Gasteiger partial charge in [-0.1, -0.05) is 0 Å². The molecule has 6 nitrogen and oxygen atoms in total. The third-order valence-electron chi connectivity index (χ3n) is 3.98. The fraction of sp³-hybridized carbons (Fsp3) is 0.438. The molecule has 0 bridgehead atoms. The summed E-state index contributed by atoms with van der Waals surface area (Å²) in [6.45, 7) is 5.73. The molecule has 0 unspecified atom stereocenters. The number of nitrogens with two attached hydrogens (primary N) is 1. The number of carbonyl (C=O) groups excluding carboxylic acids is 1. The van der Waals surface area contributed by atoms with E-state index in [1.54, 1.807) is 12.3 Å². The van der Waals surface area contributed by atoms with Crippen LogP contribution in [0.3, 0.4) is 0 Å². The van der Waals surface area contributed by atoms with E-state index in [1.165, 1.54) is 0 Å². The third kappa shape index (κ3) is 2.68. The zero-order valence-corrected chi connectivity index (χ0v) is 13.0. The van der Waals surface area contributed by atoms with Crippen molar-refractivity contribution < 1.29 is 4.79 Å². The highest BCUT2D eigenvalue weighted by Gasteiger charge is 2.22. The molecule has 3 rings (SSSR count). The quantitative estimate of drug-likeness (QED) is 0.943. The standard InChI is InChI=1S/C16H21N5O/c1-11(2)21-8-5-14(19-21)12-9-13(15(17)18-10-12)16(22)20-6-3-4-7-20/h5,8-11H,3-4,6-7H2,1-2H3,(H2,17,18). The molecule has 2 aromatic rings. The van der Waals surface area contributed by atoms with Crippen LogP contribution in [0.15, 0.2) is 24.5 Å². The Morgan fingerprint density at radius 1 is 1.32 bits per heavy atom. The van der Waals surface area contributed by atoms with E-state index >= 15 is 0 Å². The zero-order valence-electron chi connectivity index (χ0n) is 13.0. The molecule has 0 saturated carbocycles. The minimum absolute atomic E-state index is 0.0346. The van der Waals surface area contributed by atoms with Gasteiger partial charge in [-0.25, -0.2) is 4.98 Å². The van der Waals surface area contributed by atoms with Gasteiger partial charge in [0.2, 0.25) is 0 Å². The van der Waals surface area contributed by atoms with Crippen LogP contribution in [-0.4, -0.2) is 38.7 Å². The van der Waals surface area contributed by atoms with Crippen molar-refractivity contribution in [2.75, 3.05) is 18.8 Å². The highest BCUT2D eigenvalue weighted by molar-refractivity contribution is 5.99. The lowest BCUT2D eigenvalue weighted by Gasteiger charge is -2.16. The maximum Gasteiger partial charge on any atom is 0.257 e. The lowest BCUT2D eigenvalue weighted by molar-refractivity contribution is 0.0793. The number of nitrogen functional groups attached to an aromatic ring is 1. The largest absolute Gasteiger partial charge is 0.383 e. The van der Waals surface area contributed by atoms with Gasteiger partial charge in [-0.05, 0) is 38.8 Å². The first kappa shape index (κ1) is 14.6. The van der Waals surface area contributed by atoms with Crippen molar-refractivity contribution in [1.29, 1.82) is 0 Å². The molecule has 116 valence electrons. The Hall–Kier alpha value is -2.37. The fourth-order valence-electron chi connectivity index (χ4n) is 2.66.